The number of benzene rings is 1. The van der Waals surface area contributed by atoms with Crippen LogP contribution in [0, 0.1) is 13.8 Å². The van der Waals surface area contributed by atoms with Gasteiger partial charge in [0.1, 0.15) is 5.75 Å². The van der Waals surface area contributed by atoms with E-state index in [-0.39, 0.29) is 29.5 Å². The molecule has 2 fully saturated rings. The van der Waals surface area contributed by atoms with E-state index in [2.05, 4.69) is 0 Å². The third-order valence-electron chi connectivity index (χ3n) is 4.96. The minimum absolute atomic E-state index is 0.0184. The van der Waals surface area contributed by atoms with E-state index in [4.69, 9.17) is 4.74 Å². The Labute approximate surface area is 143 Å². The first-order chi connectivity index (χ1) is 11.4. The third kappa shape index (κ3) is 3.91. The van der Waals surface area contributed by atoms with Crippen LogP contribution in [0.5, 0.6) is 5.75 Å². The fourth-order valence-electron chi connectivity index (χ4n) is 3.31. The SMILES string of the molecule is Cc1cccc(OCCC(=O)N(C2CC2)C2CCS(=O)(=O)C2)c1C. The summed E-state index contributed by atoms with van der Waals surface area (Å²) in [6.45, 7) is 4.36. The summed E-state index contributed by atoms with van der Waals surface area (Å²) in [5.74, 6) is 1.15. The molecule has 0 bridgehead atoms. The van der Waals surface area contributed by atoms with E-state index in [1.807, 2.05) is 36.9 Å². The number of sulfone groups is 1. The van der Waals surface area contributed by atoms with Crippen molar-refractivity contribution < 1.29 is 17.9 Å². The number of amides is 1. The van der Waals surface area contributed by atoms with Gasteiger partial charge in [0.05, 0.1) is 24.5 Å². The molecule has 1 saturated heterocycles. The first-order valence-corrected chi connectivity index (χ1v) is 10.4. The molecule has 1 aliphatic heterocycles. The molecule has 1 aliphatic carbocycles. The number of carbonyl (C=O) groups is 1. The van der Waals surface area contributed by atoms with Gasteiger partial charge >= 0.3 is 0 Å². The largest absolute Gasteiger partial charge is 0.493 e. The Morgan fingerprint density at radius 2 is 1.96 bits per heavy atom. The Balaban J connectivity index is 1.58. The van der Waals surface area contributed by atoms with E-state index in [0.717, 1.165) is 29.7 Å². The first-order valence-electron chi connectivity index (χ1n) is 8.58. The molecule has 0 aromatic heterocycles. The van der Waals surface area contributed by atoms with Crippen LogP contribution in [0.25, 0.3) is 0 Å². The predicted octanol–water partition coefficient (Wildman–Crippen LogP) is 2.25. The van der Waals surface area contributed by atoms with Gasteiger partial charge in [0, 0.05) is 12.1 Å². The van der Waals surface area contributed by atoms with Gasteiger partial charge in [-0.25, -0.2) is 8.42 Å². The molecular formula is C18H25NO4S. The Hall–Kier alpha value is -1.56. The molecule has 1 amide bonds. The van der Waals surface area contributed by atoms with Crippen LogP contribution in [0.15, 0.2) is 18.2 Å². The molecule has 0 N–H and O–H groups in total. The van der Waals surface area contributed by atoms with Crippen molar-refractivity contribution >= 4 is 15.7 Å². The minimum Gasteiger partial charge on any atom is -0.493 e. The molecule has 1 aromatic rings. The molecule has 3 rings (SSSR count). The highest BCUT2D eigenvalue weighted by Crippen LogP contribution is 2.32. The monoisotopic (exact) mass is 351 g/mol. The van der Waals surface area contributed by atoms with Crippen molar-refractivity contribution in [1.82, 2.24) is 4.90 Å². The molecular weight excluding hydrogens is 326 g/mol. The lowest BCUT2D eigenvalue weighted by atomic mass is 10.1. The smallest absolute Gasteiger partial charge is 0.226 e. The van der Waals surface area contributed by atoms with Gasteiger partial charge < -0.3 is 9.64 Å². The van der Waals surface area contributed by atoms with Crippen molar-refractivity contribution in [2.75, 3.05) is 18.1 Å². The van der Waals surface area contributed by atoms with Gasteiger partial charge in [0.2, 0.25) is 5.91 Å². The predicted molar refractivity (Wildman–Crippen MR) is 93.0 cm³/mol. The summed E-state index contributed by atoms with van der Waals surface area (Å²) in [4.78, 5) is 14.4. The molecule has 1 unspecified atom stereocenters. The summed E-state index contributed by atoms with van der Waals surface area (Å²) in [5.41, 5.74) is 2.25. The number of carbonyl (C=O) groups excluding carboxylic acids is 1. The summed E-state index contributed by atoms with van der Waals surface area (Å²) in [6.07, 6.45) is 2.84. The normalized spacial score (nSPS) is 22.3. The molecule has 1 aromatic carbocycles. The fourth-order valence-corrected chi connectivity index (χ4v) is 5.02. The van der Waals surface area contributed by atoms with Crippen LogP contribution < -0.4 is 4.74 Å². The molecule has 2 aliphatic rings. The van der Waals surface area contributed by atoms with Gasteiger partial charge in [0.15, 0.2) is 9.84 Å². The number of hydrogen-bond acceptors (Lipinski definition) is 4. The van der Waals surface area contributed by atoms with Crippen LogP contribution in [0.4, 0.5) is 0 Å². The minimum atomic E-state index is -2.98. The Morgan fingerprint density at radius 1 is 1.21 bits per heavy atom. The van der Waals surface area contributed by atoms with Crippen LogP contribution in [-0.2, 0) is 14.6 Å². The number of nitrogens with zero attached hydrogens (tertiary/aromatic N) is 1. The van der Waals surface area contributed by atoms with Crippen molar-refractivity contribution in [3.63, 3.8) is 0 Å². The van der Waals surface area contributed by atoms with Crippen LogP contribution in [0.2, 0.25) is 0 Å². The number of aryl methyl sites for hydroxylation is 1. The fraction of sp³-hybridized carbons (Fsp3) is 0.611. The maximum Gasteiger partial charge on any atom is 0.226 e. The van der Waals surface area contributed by atoms with E-state index in [1.165, 1.54) is 0 Å². The Morgan fingerprint density at radius 3 is 2.58 bits per heavy atom. The number of ether oxygens (including phenoxy) is 1. The average Bonchev–Trinajstić information content (AvgIpc) is 3.27. The second-order valence-corrected chi connectivity index (χ2v) is 9.11. The molecule has 5 nitrogen and oxygen atoms in total. The Kier molecular flexibility index (Phi) is 4.85. The maximum atomic E-state index is 12.6. The average molecular weight is 351 g/mol. The highest BCUT2D eigenvalue weighted by Gasteiger charge is 2.41. The molecule has 0 spiro atoms. The molecule has 0 radical (unpaired) electrons. The van der Waals surface area contributed by atoms with Gasteiger partial charge in [-0.2, -0.15) is 0 Å². The molecule has 132 valence electrons. The maximum absolute atomic E-state index is 12.6. The second kappa shape index (κ2) is 6.75. The number of rotatable bonds is 6. The van der Waals surface area contributed by atoms with Crippen LogP contribution in [0.1, 0.15) is 36.8 Å². The molecule has 6 heteroatoms. The van der Waals surface area contributed by atoms with E-state index < -0.39 is 9.84 Å². The van der Waals surface area contributed by atoms with Gasteiger partial charge in [-0.05, 0) is 50.3 Å². The summed E-state index contributed by atoms with van der Waals surface area (Å²) in [7, 11) is -2.98. The van der Waals surface area contributed by atoms with E-state index in [0.29, 0.717) is 19.4 Å². The van der Waals surface area contributed by atoms with Crippen molar-refractivity contribution in [1.29, 1.82) is 0 Å². The lowest BCUT2D eigenvalue weighted by Gasteiger charge is -2.28. The van der Waals surface area contributed by atoms with Crippen molar-refractivity contribution in [3.8, 4) is 5.75 Å². The topological polar surface area (TPSA) is 63.7 Å². The van der Waals surface area contributed by atoms with Crippen molar-refractivity contribution in [3.05, 3.63) is 29.3 Å². The molecule has 1 heterocycles. The molecule has 1 saturated carbocycles. The standard InChI is InChI=1S/C18H25NO4S/c1-13-4-3-5-17(14(13)2)23-10-8-18(20)19(15-6-7-15)16-9-11-24(21,22)12-16/h3-5,15-16H,6-12H2,1-2H3. The Bertz CT molecular complexity index is 725. The summed E-state index contributed by atoms with van der Waals surface area (Å²) in [6, 6.07) is 5.98. The van der Waals surface area contributed by atoms with Crippen LogP contribution >= 0.6 is 0 Å². The summed E-state index contributed by atoms with van der Waals surface area (Å²) >= 11 is 0. The zero-order valence-corrected chi connectivity index (χ0v) is 15.1. The number of hydrogen-bond donors (Lipinski definition) is 0. The van der Waals surface area contributed by atoms with E-state index in [1.54, 1.807) is 0 Å². The second-order valence-electron chi connectivity index (χ2n) is 6.89. The van der Waals surface area contributed by atoms with Gasteiger partial charge in [-0.15, -0.1) is 0 Å². The van der Waals surface area contributed by atoms with Gasteiger partial charge in [-0.3, -0.25) is 4.79 Å². The molecule has 24 heavy (non-hydrogen) atoms. The quantitative estimate of drug-likeness (QED) is 0.788. The van der Waals surface area contributed by atoms with E-state index >= 15 is 0 Å². The van der Waals surface area contributed by atoms with Gasteiger partial charge in [0.25, 0.3) is 0 Å². The lowest BCUT2D eigenvalue weighted by Crippen LogP contribution is -2.43. The van der Waals surface area contributed by atoms with E-state index in [9.17, 15) is 13.2 Å². The third-order valence-corrected chi connectivity index (χ3v) is 6.71. The summed E-state index contributed by atoms with van der Waals surface area (Å²) < 4.78 is 29.2. The summed E-state index contributed by atoms with van der Waals surface area (Å²) in [5, 5.41) is 0. The van der Waals surface area contributed by atoms with Crippen LogP contribution in [0.3, 0.4) is 0 Å². The van der Waals surface area contributed by atoms with Crippen LogP contribution in [-0.4, -0.2) is 49.4 Å². The van der Waals surface area contributed by atoms with Gasteiger partial charge in [-0.1, -0.05) is 12.1 Å². The highest BCUT2D eigenvalue weighted by atomic mass is 32.2. The zero-order valence-electron chi connectivity index (χ0n) is 14.3. The lowest BCUT2D eigenvalue weighted by molar-refractivity contribution is -0.134. The zero-order chi connectivity index (χ0) is 17.3. The van der Waals surface area contributed by atoms with Crippen molar-refractivity contribution in [2.45, 2.75) is 51.6 Å². The van der Waals surface area contributed by atoms with Crippen molar-refractivity contribution in [2.24, 2.45) is 0 Å². The highest BCUT2D eigenvalue weighted by molar-refractivity contribution is 7.91. The first kappa shape index (κ1) is 17.3. The molecule has 1 atom stereocenters.